The summed E-state index contributed by atoms with van der Waals surface area (Å²) in [6.07, 6.45) is 3.45. The van der Waals surface area contributed by atoms with Crippen molar-refractivity contribution < 1.29 is 13.9 Å². The number of nitrogens with one attached hydrogen (secondary N) is 1. The van der Waals surface area contributed by atoms with Gasteiger partial charge in [-0.05, 0) is 48.0 Å². The second-order valence-electron chi connectivity index (χ2n) is 6.49. The fraction of sp³-hybridized carbons (Fsp3) is 0.0870. The van der Waals surface area contributed by atoms with E-state index >= 15 is 0 Å². The predicted octanol–water partition coefficient (Wildman–Crippen LogP) is 4.85. The van der Waals surface area contributed by atoms with E-state index in [1.807, 2.05) is 17.5 Å². The molecular formula is C23H18FN3O2S. The van der Waals surface area contributed by atoms with Gasteiger partial charge in [0.15, 0.2) is 0 Å². The van der Waals surface area contributed by atoms with Crippen LogP contribution in [0.25, 0.3) is 11.3 Å². The highest BCUT2D eigenvalue weighted by Crippen LogP contribution is 2.21. The van der Waals surface area contributed by atoms with Gasteiger partial charge in [-0.1, -0.05) is 18.2 Å². The first kappa shape index (κ1) is 19.7. The van der Waals surface area contributed by atoms with Gasteiger partial charge in [0.2, 0.25) is 0 Å². The Hall–Kier alpha value is -3.58. The van der Waals surface area contributed by atoms with E-state index in [9.17, 15) is 9.18 Å². The molecule has 0 bridgehead atoms. The molecule has 0 aliphatic carbocycles. The maximum atomic E-state index is 13.0. The van der Waals surface area contributed by atoms with Crippen molar-refractivity contribution in [3.63, 3.8) is 0 Å². The van der Waals surface area contributed by atoms with Gasteiger partial charge in [0.05, 0.1) is 12.2 Å². The van der Waals surface area contributed by atoms with Gasteiger partial charge in [-0.2, -0.15) is 0 Å². The summed E-state index contributed by atoms with van der Waals surface area (Å²) in [5.74, 6) is 0.0784. The molecule has 7 heteroatoms. The Kier molecular flexibility index (Phi) is 6.10. The van der Waals surface area contributed by atoms with E-state index in [-0.39, 0.29) is 11.7 Å². The summed E-state index contributed by atoms with van der Waals surface area (Å²) in [5, 5.41) is 5.66. The van der Waals surface area contributed by atoms with Crippen LogP contribution in [0.5, 0.6) is 5.75 Å². The molecule has 0 fully saturated rings. The van der Waals surface area contributed by atoms with Gasteiger partial charge in [0.1, 0.15) is 23.2 Å². The molecule has 1 amide bonds. The fourth-order valence-electron chi connectivity index (χ4n) is 2.78. The fourth-order valence-corrected chi connectivity index (χ4v) is 3.52. The van der Waals surface area contributed by atoms with Crippen LogP contribution >= 0.6 is 11.3 Å². The zero-order valence-electron chi connectivity index (χ0n) is 15.9. The molecule has 2 heterocycles. The first-order chi connectivity index (χ1) is 14.7. The number of hydrogen-bond acceptors (Lipinski definition) is 5. The summed E-state index contributed by atoms with van der Waals surface area (Å²) >= 11 is 1.49. The van der Waals surface area contributed by atoms with Crippen molar-refractivity contribution in [3.05, 3.63) is 100 Å². The minimum atomic E-state index is -0.287. The van der Waals surface area contributed by atoms with Crippen molar-refractivity contribution in [3.8, 4) is 17.0 Å². The largest absolute Gasteiger partial charge is 0.489 e. The summed E-state index contributed by atoms with van der Waals surface area (Å²) in [5.41, 5.74) is 3.20. The summed E-state index contributed by atoms with van der Waals surface area (Å²) < 4.78 is 18.7. The third-order valence-corrected chi connectivity index (χ3v) is 5.19. The highest BCUT2D eigenvalue weighted by Gasteiger charge is 2.09. The normalized spacial score (nSPS) is 10.6. The maximum absolute atomic E-state index is 13.0. The minimum absolute atomic E-state index is 0.206. The van der Waals surface area contributed by atoms with Crippen LogP contribution in [0.15, 0.2) is 78.4 Å². The molecule has 2 aromatic heterocycles. The van der Waals surface area contributed by atoms with Gasteiger partial charge in [-0.25, -0.2) is 9.37 Å². The zero-order chi connectivity index (χ0) is 20.8. The molecular weight excluding hydrogens is 401 g/mol. The minimum Gasteiger partial charge on any atom is -0.489 e. The topological polar surface area (TPSA) is 64.1 Å². The average Bonchev–Trinajstić information content (AvgIpc) is 3.27. The van der Waals surface area contributed by atoms with Crippen LogP contribution in [-0.2, 0) is 13.2 Å². The molecule has 150 valence electrons. The van der Waals surface area contributed by atoms with E-state index in [1.165, 1.54) is 23.5 Å². The number of thiazole rings is 1. The van der Waals surface area contributed by atoms with Crippen LogP contribution in [0.2, 0.25) is 0 Å². The number of pyridine rings is 1. The van der Waals surface area contributed by atoms with Crippen molar-refractivity contribution in [2.45, 2.75) is 13.2 Å². The third kappa shape index (κ3) is 5.07. The molecule has 1 N–H and O–H groups in total. The first-order valence-electron chi connectivity index (χ1n) is 9.28. The SMILES string of the molecule is O=C(NCc1nc(-c2ccncc2)cs1)c1cccc(OCc2ccc(F)cc2)c1. The van der Waals surface area contributed by atoms with Crippen LogP contribution in [0.4, 0.5) is 4.39 Å². The lowest BCUT2D eigenvalue weighted by atomic mass is 10.2. The van der Waals surface area contributed by atoms with Crippen LogP contribution in [-0.4, -0.2) is 15.9 Å². The lowest BCUT2D eigenvalue weighted by molar-refractivity contribution is 0.0950. The van der Waals surface area contributed by atoms with Gasteiger partial charge in [-0.15, -0.1) is 11.3 Å². The van der Waals surface area contributed by atoms with Crippen molar-refractivity contribution in [2.24, 2.45) is 0 Å². The van der Waals surface area contributed by atoms with E-state index in [1.54, 1.807) is 48.8 Å². The number of hydrogen-bond donors (Lipinski definition) is 1. The van der Waals surface area contributed by atoms with Crippen LogP contribution in [0.3, 0.4) is 0 Å². The number of carbonyl (C=O) groups is 1. The Labute approximate surface area is 177 Å². The van der Waals surface area contributed by atoms with E-state index in [4.69, 9.17) is 4.74 Å². The second kappa shape index (κ2) is 9.28. The number of amides is 1. The third-order valence-electron chi connectivity index (χ3n) is 4.34. The number of nitrogens with zero attached hydrogens (tertiary/aromatic N) is 2. The summed E-state index contributed by atoms with van der Waals surface area (Å²) in [4.78, 5) is 21.1. The van der Waals surface area contributed by atoms with Gasteiger partial charge in [0.25, 0.3) is 5.91 Å². The summed E-state index contributed by atoms with van der Waals surface area (Å²) in [6.45, 7) is 0.636. The molecule has 30 heavy (non-hydrogen) atoms. The highest BCUT2D eigenvalue weighted by molar-refractivity contribution is 7.09. The number of aromatic nitrogens is 2. The highest BCUT2D eigenvalue weighted by atomic mass is 32.1. The summed E-state index contributed by atoms with van der Waals surface area (Å²) in [7, 11) is 0. The molecule has 0 aliphatic rings. The molecule has 0 saturated carbocycles. The number of halogens is 1. The van der Waals surface area contributed by atoms with E-state index in [2.05, 4.69) is 15.3 Å². The molecule has 4 aromatic rings. The quantitative estimate of drug-likeness (QED) is 0.465. The molecule has 4 rings (SSSR count). The van der Waals surface area contributed by atoms with E-state index in [0.717, 1.165) is 21.8 Å². The molecule has 0 saturated heterocycles. The van der Waals surface area contributed by atoms with Crippen molar-refractivity contribution in [1.29, 1.82) is 0 Å². The number of carbonyl (C=O) groups excluding carboxylic acids is 1. The van der Waals surface area contributed by atoms with Gasteiger partial charge < -0.3 is 10.1 Å². The molecule has 0 radical (unpaired) electrons. The smallest absolute Gasteiger partial charge is 0.251 e. The van der Waals surface area contributed by atoms with Gasteiger partial charge in [-0.3, -0.25) is 9.78 Å². The number of benzene rings is 2. The standard InChI is InChI=1S/C23H18FN3O2S/c24-19-6-4-16(5-7-19)14-29-20-3-1-2-18(12-20)23(28)26-13-22-27-21(15-30-22)17-8-10-25-11-9-17/h1-12,15H,13-14H2,(H,26,28). The second-order valence-corrected chi connectivity index (χ2v) is 7.43. The molecule has 2 aromatic carbocycles. The van der Waals surface area contributed by atoms with Crippen LogP contribution in [0.1, 0.15) is 20.9 Å². The number of ether oxygens (including phenoxy) is 1. The van der Waals surface area contributed by atoms with E-state index in [0.29, 0.717) is 24.5 Å². The lowest BCUT2D eigenvalue weighted by Crippen LogP contribution is -2.22. The Bertz CT molecular complexity index is 1130. The summed E-state index contributed by atoms with van der Waals surface area (Å²) in [6, 6.07) is 16.9. The molecule has 0 aliphatic heterocycles. The van der Waals surface area contributed by atoms with Gasteiger partial charge >= 0.3 is 0 Å². The average molecular weight is 419 g/mol. The Morgan fingerprint density at radius 2 is 1.87 bits per heavy atom. The first-order valence-corrected chi connectivity index (χ1v) is 10.2. The lowest BCUT2D eigenvalue weighted by Gasteiger charge is -2.08. The molecule has 0 atom stereocenters. The Morgan fingerprint density at radius 3 is 2.67 bits per heavy atom. The van der Waals surface area contributed by atoms with Crippen molar-refractivity contribution >= 4 is 17.2 Å². The van der Waals surface area contributed by atoms with E-state index < -0.39 is 0 Å². The molecule has 5 nitrogen and oxygen atoms in total. The Balaban J connectivity index is 1.34. The number of rotatable bonds is 7. The van der Waals surface area contributed by atoms with Crippen molar-refractivity contribution in [2.75, 3.05) is 0 Å². The van der Waals surface area contributed by atoms with Gasteiger partial charge in [0, 0.05) is 28.9 Å². The zero-order valence-corrected chi connectivity index (χ0v) is 16.7. The van der Waals surface area contributed by atoms with Crippen LogP contribution < -0.4 is 10.1 Å². The monoisotopic (exact) mass is 419 g/mol. The maximum Gasteiger partial charge on any atom is 0.251 e. The molecule has 0 spiro atoms. The van der Waals surface area contributed by atoms with Crippen molar-refractivity contribution in [1.82, 2.24) is 15.3 Å². The predicted molar refractivity (Wildman–Crippen MR) is 114 cm³/mol. The Morgan fingerprint density at radius 1 is 1.07 bits per heavy atom. The van der Waals surface area contributed by atoms with Crippen LogP contribution in [0, 0.1) is 5.82 Å². The molecule has 0 unspecified atom stereocenters.